The molecule has 0 saturated carbocycles. The maximum Gasteiger partial charge on any atom is 0.237 e. The number of unbranched alkanes of at least 4 members (excludes halogenated alkanes) is 2. The summed E-state index contributed by atoms with van der Waals surface area (Å²) in [6, 6.07) is 10.1. The van der Waals surface area contributed by atoms with Gasteiger partial charge in [0.15, 0.2) is 5.60 Å². The van der Waals surface area contributed by atoms with Crippen molar-refractivity contribution in [2.45, 2.75) is 50.7 Å². The van der Waals surface area contributed by atoms with Crippen LogP contribution in [0, 0.1) is 0 Å². The van der Waals surface area contributed by atoms with E-state index in [0.717, 1.165) is 31.2 Å². The fourth-order valence-electron chi connectivity index (χ4n) is 2.73. The first-order valence-electron chi connectivity index (χ1n) is 9.02. The Labute approximate surface area is 159 Å². The van der Waals surface area contributed by atoms with E-state index in [9.17, 15) is 4.79 Å². The zero-order valence-corrected chi connectivity index (χ0v) is 16.6. The van der Waals surface area contributed by atoms with Crippen molar-refractivity contribution < 1.29 is 14.3 Å². The minimum atomic E-state index is -1.05. The highest BCUT2D eigenvalue weighted by Gasteiger charge is 2.40. The molecule has 0 spiro atoms. The molecule has 0 atom stereocenters. The van der Waals surface area contributed by atoms with Crippen LogP contribution >= 0.6 is 15.9 Å². The quantitative estimate of drug-likeness (QED) is 0.300. The van der Waals surface area contributed by atoms with Gasteiger partial charge < -0.3 is 9.47 Å². The Hall–Kier alpha value is -1.23. The van der Waals surface area contributed by atoms with E-state index in [1.807, 2.05) is 54.6 Å². The second kappa shape index (κ2) is 9.46. The number of carbonyl (C=O) groups is 1. The molecule has 1 aliphatic rings. The minimum Gasteiger partial charge on any atom is -0.362 e. The summed E-state index contributed by atoms with van der Waals surface area (Å²) in [5, 5.41) is 0. The van der Waals surface area contributed by atoms with Gasteiger partial charge in [0.1, 0.15) is 5.60 Å². The Kier molecular flexibility index (Phi) is 7.60. The van der Waals surface area contributed by atoms with Gasteiger partial charge in [-0.15, -0.1) is 0 Å². The van der Waals surface area contributed by atoms with Gasteiger partial charge in [0.05, 0.1) is 0 Å². The van der Waals surface area contributed by atoms with Crippen LogP contribution in [0.15, 0.2) is 54.6 Å². The van der Waals surface area contributed by atoms with Gasteiger partial charge in [0, 0.05) is 13.2 Å². The first-order chi connectivity index (χ1) is 12.1. The summed E-state index contributed by atoms with van der Waals surface area (Å²) in [5.41, 5.74) is -0.666. The molecule has 0 fully saturated rings. The predicted molar refractivity (Wildman–Crippen MR) is 105 cm³/mol. The molecule has 0 heterocycles. The van der Waals surface area contributed by atoms with Crippen molar-refractivity contribution in [1.29, 1.82) is 0 Å². The Morgan fingerprint density at radius 3 is 2.00 bits per heavy atom. The predicted octanol–water partition coefficient (Wildman–Crippen LogP) is 5.30. The molecule has 0 aromatic heterocycles. The first-order valence-corrected chi connectivity index (χ1v) is 9.82. The normalized spacial score (nSPS) is 25.2. The third kappa shape index (κ3) is 4.90. The summed E-state index contributed by atoms with van der Waals surface area (Å²) in [5.74, 6) is 0. The topological polar surface area (TPSA) is 35.5 Å². The molecule has 0 N–H and O–H groups in total. The highest BCUT2D eigenvalue weighted by molar-refractivity contribution is 9.18. The van der Waals surface area contributed by atoms with Gasteiger partial charge in [-0.25, -0.2) is 0 Å². The number of carbonyl (C=O) groups excluding carboxylic acids is 1. The van der Waals surface area contributed by atoms with Crippen LogP contribution in [0.25, 0.3) is 0 Å². The highest BCUT2D eigenvalue weighted by Crippen LogP contribution is 2.37. The lowest BCUT2D eigenvalue weighted by Crippen LogP contribution is -2.40. The molecule has 1 aromatic carbocycles. The number of halogens is 1. The van der Waals surface area contributed by atoms with Gasteiger partial charge in [-0.2, -0.15) is 0 Å². The third-order valence-electron chi connectivity index (χ3n) is 4.37. The van der Waals surface area contributed by atoms with Crippen molar-refractivity contribution in [2.24, 2.45) is 0 Å². The van der Waals surface area contributed by atoms with E-state index in [0.29, 0.717) is 13.2 Å². The summed E-state index contributed by atoms with van der Waals surface area (Å²) < 4.78 is 11.9. The van der Waals surface area contributed by atoms with Crippen molar-refractivity contribution in [1.82, 2.24) is 0 Å². The molecule has 0 radical (unpaired) electrons. The lowest BCUT2D eigenvalue weighted by atomic mass is 9.84. The maximum atomic E-state index is 12.2. The molecule has 136 valence electrons. The van der Waals surface area contributed by atoms with Crippen LogP contribution in [0.2, 0.25) is 0 Å². The van der Waals surface area contributed by atoms with E-state index in [1.54, 1.807) is 0 Å². The van der Waals surface area contributed by atoms with Gasteiger partial charge >= 0.3 is 0 Å². The average Bonchev–Trinajstić information content (AvgIpc) is 2.64. The van der Waals surface area contributed by atoms with E-state index in [1.165, 1.54) is 0 Å². The Morgan fingerprint density at radius 1 is 0.920 bits per heavy atom. The minimum absolute atomic E-state index is 0.196. The molecule has 0 aliphatic heterocycles. The second-order valence-electron chi connectivity index (χ2n) is 6.30. The summed E-state index contributed by atoms with van der Waals surface area (Å²) in [6.45, 7) is 5.44. The van der Waals surface area contributed by atoms with Gasteiger partial charge in [-0.1, -0.05) is 57.0 Å². The zero-order chi connectivity index (χ0) is 18.2. The van der Waals surface area contributed by atoms with Crippen LogP contribution < -0.4 is 0 Å². The van der Waals surface area contributed by atoms with Crippen LogP contribution in [-0.4, -0.2) is 23.5 Å². The smallest absolute Gasteiger partial charge is 0.237 e. The van der Waals surface area contributed by atoms with Crippen LogP contribution in [-0.2, 0) is 19.9 Å². The van der Waals surface area contributed by atoms with Crippen molar-refractivity contribution in [3.8, 4) is 0 Å². The molecule has 1 aliphatic carbocycles. The molecule has 4 heteroatoms. The number of benzene rings is 1. The van der Waals surface area contributed by atoms with Gasteiger partial charge in [-0.3, -0.25) is 4.79 Å². The average molecular weight is 407 g/mol. The van der Waals surface area contributed by atoms with Crippen LogP contribution in [0.3, 0.4) is 0 Å². The van der Waals surface area contributed by atoms with E-state index >= 15 is 0 Å². The highest BCUT2D eigenvalue weighted by atomic mass is 79.9. The molecule has 0 bridgehead atoms. The second-order valence-corrected chi connectivity index (χ2v) is 7.02. The third-order valence-corrected chi connectivity index (χ3v) is 4.99. The Balaban J connectivity index is 2.28. The number of rotatable bonds is 10. The van der Waals surface area contributed by atoms with E-state index in [-0.39, 0.29) is 4.69 Å². The van der Waals surface area contributed by atoms with Gasteiger partial charge in [-0.05, 0) is 58.6 Å². The summed E-state index contributed by atoms with van der Waals surface area (Å²) >= 11 is 3.10. The van der Waals surface area contributed by atoms with Crippen LogP contribution in [0.4, 0.5) is 0 Å². The lowest BCUT2D eigenvalue weighted by Gasteiger charge is -2.35. The fourth-order valence-corrected chi connectivity index (χ4v) is 3.11. The first kappa shape index (κ1) is 20.1. The molecular weight excluding hydrogens is 380 g/mol. The lowest BCUT2D eigenvalue weighted by molar-refractivity contribution is -0.124. The molecular formula is C21H27BrO3. The monoisotopic (exact) mass is 406 g/mol. The molecule has 0 amide bonds. The van der Waals surface area contributed by atoms with E-state index in [4.69, 9.17) is 9.47 Å². The largest absolute Gasteiger partial charge is 0.362 e. The van der Waals surface area contributed by atoms with Crippen molar-refractivity contribution in [3.05, 3.63) is 60.2 Å². The van der Waals surface area contributed by atoms with Gasteiger partial charge in [0.25, 0.3) is 0 Å². The van der Waals surface area contributed by atoms with Crippen LogP contribution in [0.5, 0.6) is 0 Å². The van der Waals surface area contributed by atoms with Gasteiger partial charge in [0.2, 0.25) is 4.69 Å². The molecule has 0 unspecified atom stereocenters. The molecule has 25 heavy (non-hydrogen) atoms. The molecule has 0 saturated heterocycles. The van der Waals surface area contributed by atoms with E-state index in [2.05, 4.69) is 29.8 Å². The standard InChI is InChI=1S/C21H27BrO3/c1-3-5-16-24-20(18-10-8-7-9-11-18)12-14-21(15-13-20,19(22)23)25-17-6-4-2/h7-15H,3-6,16-17H2,1-2H3. The summed E-state index contributed by atoms with van der Waals surface area (Å²) in [4.78, 5) is 12.2. The zero-order valence-electron chi connectivity index (χ0n) is 15.0. The van der Waals surface area contributed by atoms with Crippen LogP contribution in [0.1, 0.15) is 45.1 Å². The summed E-state index contributed by atoms with van der Waals surface area (Å²) in [6.07, 6.45) is 11.5. The van der Waals surface area contributed by atoms with Crippen molar-refractivity contribution >= 4 is 20.6 Å². The maximum absolute atomic E-state index is 12.2. The van der Waals surface area contributed by atoms with Crippen molar-refractivity contribution in [2.75, 3.05) is 13.2 Å². The molecule has 2 rings (SSSR count). The number of hydrogen-bond donors (Lipinski definition) is 0. The number of hydrogen-bond acceptors (Lipinski definition) is 3. The SMILES string of the molecule is CCCCOC1(C(=O)Br)C=CC(OCCCC)(c2ccccc2)C=C1. The number of ether oxygens (including phenoxy) is 2. The molecule has 1 aromatic rings. The van der Waals surface area contributed by atoms with Crippen molar-refractivity contribution in [3.63, 3.8) is 0 Å². The van der Waals surface area contributed by atoms with E-state index < -0.39 is 11.2 Å². The fraction of sp³-hybridized carbons (Fsp3) is 0.476. The Bertz CT molecular complexity index is 593. The Morgan fingerprint density at radius 2 is 1.48 bits per heavy atom. The molecule has 3 nitrogen and oxygen atoms in total. The summed E-state index contributed by atoms with van der Waals surface area (Å²) in [7, 11) is 0.